The number of aryl methyl sites for hydroxylation is 1. The van der Waals surface area contributed by atoms with Crippen LogP contribution in [0.25, 0.3) is 0 Å². The first kappa shape index (κ1) is 12.1. The average Bonchev–Trinajstić information content (AvgIpc) is 2.57. The first-order valence-corrected chi connectivity index (χ1v) is 6.64. The van der Waals surface area contributed by atoms with Gasteiger partial charge in [-0.25, -0.2) is 4.98 Å². The Kier molecular flexibility index (Phi) is 4.18. The third kappa shape index (κ3) is 3.58. The Morgan fingerprint density at radius 2 is 2.06 bits per heavy atom. The van der Waals surface area contributed by atoms with Gasteiger partial charge in [0, 0.05) is 17.8 Å². The maximum Gasteiger partial charge on any atom is 0.252 e. The largest absolute Gasteiger partial charge is 0.353 e. The highest BCUT2D eigenvalue weighted by molar-refractivity contribution is 5.26. The Bertz CT molecular complexity index is 405. The van der Waals surface area contributed by atoms with Crippen molar-refractivity contribution in [1.29, 1.82) is 0 Å². The van der Waals surface area contributed by atoms with E-state index in [1.165, 1.54) is 38.5 Å². The molecule has 2 rings (SSSR count). The molecule has 1 aliphatic carbocycles. The molecular formula is C13H21N3O. The summed E-state index contributed by atoms with van der Waals surface area (Å²) in [6.07, 6.45) is 8.36. The summed E-state index contributed by atoms with van der Waals surface area (Å²) in [7, 11) is 0. The molecule has 0 aliphatic heterocycles. The third-order valence-corrected chi connectivity index (χ3v) is 3.35. The third-order valence-electron chi connectivity index (χ3n) is 3.35. The van der Waals surface area contributed by atoms with E-state index in [0.717, 1.165) is 12.1 Å². The summed E-state index contributed by atoms with van der Waals surface area (Å²) in [5, 5.41) is 3.37. The summed E-state index contributed by atoms with van der Waals surface area (Å²) in [4.78, 5) is 18.6. The quantitative estimate of drug-likeness (QED) is 0.791. The molecule has 17 heavy (non-hydrogen) atoms. The first-order chi connectivity index (χ1) is 8.28. The van der Waals surface area contributed by atoms with Crippen LogP contribution in [0.2, 0.25) is 0 Å². The lowest BCUT2D eigenvalue weighted by Crippen LogP contribution is -2.22. The molecule has 94 valence electrons. The highest BCUT2D eigenvalue weighted by Gasteiger charge is 2.12. The Hall–Kier alpha value is -1.32. The molecule has 4 nitrogen and oxygen atoms in total. The Morgan fingerprint density at radius 1 is 1.35 bits per heavy atom. The van der Waals surface area contributed by atoms with Crippen LogP contribution in [-0.4, -0.2) is 16.0 Å². The van der Waals surface area contributed by atoms with Crippen molar-refractivity contribution in [3.05, 3.63) is 22.1 Å². The molecule has 0 bridgehead atoms. The number of H-pyrrole nitrogens is 1. The highest BCUT2D eigenvalue weighted by atomic mass is 16.1. The lowest BCUT2D eigenvalue weighted by molar-refractivity contribution is 0.614. The van der Waals surface area contributed by atoms with E-state index in [9.17, 15) is 4.79 Å². The normalized spacial score (nSPS) is 17.7. The van der Waals surface area contributed by atoms with Gasteiger partial charge >= 0.3 is 0 Å². The standard InChI is InChI=1S/C13H21N3O/c1-2-10-9-12(17)16-13(14-10)15-11-7-5-3-4-6-8-11/h9,11H,2-8H2,1H3,(H2,14,15,16,17). The molecule has 1 fully saturated rings. The zero-order chi connectivity index (χ0) is 12.1. The highest BCUT2D eigenvalue weighted by Crippen LogP contribution is 2.19. The molecular weight excluding hydrogens is 214 g/mol. The number of aromatic nitrogens is 2. The van der Waals surface area contributed by atoms with Gasteiger partial charge in [-0.3, -0.25) is 9.78 Å². The summed E-state index contributed by atoms with van der Waals surface area (Å²) < 4.78 is 0. The van der Waals surface area contributed by atoms with Gasteiger partial charge in [-0.1, -0.05) is 32.6 Å². The Labute approximate surface area is 102 Å². The van der Waals surface area contributed by atoms with Crippen molar-refractivity contribution in [1.82, 2.24) is 9.97 Å². The van der Waals surface area contributed by atoms with Gasteiger partial charge in [0.25, 0.3) is 5.56 Å². The van der Waals surface area contributed by atoms with Gasteiger partial charge in [0.05, 0.1) is 0 Å². The molecule has 1 aromatic rings. The zero-order valence-electron chi connectivity index (χ0n) is 10.5. The van der Waals surface area contributed by atoms with Crippen LogP contribution < -0.4 is 10.9 Å². The fourth-order valence-electron chi connectivity index (χ4n) is 2.37. The number of hydrogen-bond acceptors (Lipinski definition) is 3. The number of nitrogens with one attached hydrogen (secondary N) is 2. The predicted octanol–water partition coefficient (Wildman–Crippen LogP) is 2.47. The molecule has 4 heteroatoms. The first-order valence-electron chi connectivity index (χ1n) is 6.64. The molecule has 0 aromatic carbocycles. The molecule has 0 saturated heterocycles. The number of rotatable bonds is 3. The molecule has 0 radical (unpaired) electrons. The number of anilines is 1. The molecule has 0 atom stereocenters. The minimum atomic E-state index is -0.0621. The van der Waals surface area contributed by atoms with Gasteiger partial charge in [0.1, 0.15) is 0 Å². The van der Waals surface area contributed by atoms with Crippen molar-refractivity contribution in [3.63, 3.8) is 0 Å². The van der Waals surface area contributed by atoms with Gasteiger partial charge in [-0.15, -0.1) is 0 Å². The predicted molar refractivity (Wildman–Crippen MR) is 69.3 cm³/mol. The summed E-state index contributed by atoms with van der Waals surface area (Å²) in [5.41, 5.74) is 0.790. The summed E-state index contributed by atoms with van der Waals surface area (Å²) in [6.45, 7) is 2.01. The van der Waals surface area contributed by atoms with Crippen molar-refractivity contribution < 1.29 is 0 Å². The van der Waals surface area contributed by atoms with E-state index in [1.54, 1.807) is 6.07 Å². The van der Waals surface area contributed by atoms with Crippen molar-refractivity contribution in [2.45, 2.75) is 57.9 Å². The average molecular weight is 235 g/mol. The van der Waals surface area contributed by atoms with Gasteiger partial charge < -0.3 is 5.32 Å². The number of aromatic amines is 1. The molecule has 2 N–H and O–H groups in total. The minimum Gasteiger partial charge on any atom is -0.353 e. The van der Waals surface area contributed by atoms with Gasteiger partial charge in [-0.05, 0) is 19.3 Å². The van der Waals surface area contributed by atoms with Crippen LogP contribution in [0.15, 0.2) is 10.9 Å². The lowest BCUT2D eigenvalue weighted by Gasteiger charge is -2.16. The van der Waals surface area contributed by atoms with Crippen molar-refractivity contribution in [3.8, 4) is 0 Å². The van der Waals surface area contributed by atoms with Gasteiger partial charge in [-0.2, -0.15) is 0 Å². The van der Waals surface area contributed by atoms with Crippen LogP contribution in [-0.2, 0) is 6.42 Å². The molecule has 0 amide bonds. The fraction of sp³-hybridized carbons (Fsp3) is 0.692. The number of hydrogen-bond donors (Lipinski definition) is 2. The van der Waals surface area contributed by atoms with E-state index >= 15 is 0 Å². The minimum absolute atomic E-state index is 0.0621. The van der Waals surface area contributed by atoms with Gasteiger partial charge in [0.2, 0.25) is 5.95 Å². The molecule has 1 aromatic heterocycles. The van der Waals surface area contributed by atoms with Crippen LogP contribution in [0, 0.1) is 0 Å². The van der Waals surface area contributed by atoms with Gasteiger partial charge in [0.15, 0.2) is 0 Å². The molecule has 0 unspecified atom stereocenters. The Morgan fingerprint density at radius 3 is 2.71 bits per heavy atom. The second-order valence-corrected chi connectivity index (χ2v) is 4.77. The topological polar surface area (TPSA) is 57.8 Å². The second kappa shape index (κ2) is 5.84. The van der Waals surface area contributed by atoms with E-state index < -0.39 is 0 Å². The van der Waals surface area contributed by atoms with Crippen molar-refractivity contribution in [2.75, 3.05) is 5.32 Å². The van der Waals surface area contributed by atoms with E-state index in [2.05, 4.69) is 15.3 Å². The smallest absolute Gasteiger partial charge is 0.252 e. The maximum absolute atomic E-state index is 11.4. The van der Waals surface area contributed by atoms with Crippen LogP contribution in [0.3, 0.4) is 0 Å². The second-order valence-electron chi connectivity index (χ2n) is 4.77. The van der Waals surface area contributed by atoms with Crippen LogP contribution in [0.1, 0.15) is 51.1 Å². The van der Waals surface area contributed by atoms with Crippen LogP contribution in [0.4, 0.5) is 5.95 Å². The molecule has 1 saturated carbocycles. The fourth-order valence-corrected chi connectivity index (χ4v) is 2.37. The Balaban J connectivity index is 2.06. The van der Waals surface area contributed by atoms with E-state index in [-0.39, 0.29) is 5.56 Å². The molecule has 0 spiro atoms. The maximum atomic E-state index is 11.4. The summed E-state index contributed by atoms with van der Waals surface area (Å²) in [5.74, 6) is 0.640. The van der Waals surface area contributed by atoms with Crippen LogP contribution >= 0.6 is 0 Å². The SMILES string of the molecule is CCc1cc(=O)[nH]c(NC2CCCCCC2)n1. The monoisotopic (exact) mass is 235 g/mol. The number of nitrogens with zero attached hydrogens (tertiary/aromatic N) is 1. The van der Waals surface area contributed by atoms with E-state index in [4.69, 9.17) is 0 Å². The van der Waals surface area contributed by atoms with Crippen LogP contribution in [0.5, 0.6) is 0 Å². The molecule has 1 aliphatic rings. The summed E-state index contributed by atoms with van der Waals surface area (Å²) >= 11 is 0. The van der Waals surface area contributed by atoms with Crippen molar-refractivity contribution in [2.24, 2.45) is 0 Å². The summed E-state index contributed by atoms with van der Waals surface area (Å²) in [6, 6.07) is 2.03. The zero-order valence-corrected chi connectivity index (χ0v) is 10.5. The molecule has 1 heterocycles. The van der Waals surface area contributed by atoms with E-state index in [1.807, 2.05) is 6.92 Å². The van der Waals surface area contributed by atoms with Crippen molar-refractivity contribution >= 4 is 5.95 Å². The van der Waals surface area contributed by atoms with E-state index in [0.29, 0.717) is 12.0 Å². The lowest BCUT2D eigenvalue weighted by atomic mass is 10.1.